The lowest BCUT2D eigenvalue weighted by molar-refractivity contribution is 0.0265. The van der Waals surface area contributed by atoms with Gasteiger partial charge in [-0.15, -0.1) is 0 Å². The average Bonchev–Trinajstić information content (AvgIpc) is 2.40. The van der Waals surface area contributed by atoms with E-state index in [2.05, 4.69) is 5.32 Å². The topological polar surface area (TPSA) is 71.0 Å². The maximum absolute atomic E-state index is 11.7. The molecular weight excluding hydrogens is 248 g/mol. The molecule has 104 valence electrons. The Morgan fingerprint density at radius 2 is 2.05 bits per heavy atom. The van der Waals surface area contributed by atoms with Crippen LogP contribution in [0.3, 0.4) is 0 Å². The number of urea groups is 1. The van der Waals surface area contributed by atoms with Gasteiger partial charge in [-0.25, -0.2) is 4.79 Å². The van der Waals surface area contributed by atoms with E-state index in [1.807, 2.05) is 12.1 Å². The van der Waals surface area contributed by atoms with Crippen molar-refractivity contribution in [2.45, 2.75) is 12.6 Å². The summed E-state index contributed by atoms with van der Waals surface area (Å²) in [4.78, 5) is 13.2. The second kappa shape index (κ2) is 5.79. The Hall–Kier alpha value is -1.95. The molecule has 0 radical (unpaired) electrons. The number of carbonyl (C=O) groups is 1. The van der Waals surface area contributed by atoms with Gasteiger partial charge in [0.05, 0.1) is 33.4 Å². The number of β-amino-alcohol motifs (C(OH)–C–C–N with tert-alkyl or cyclic N) is 1. The Kier molecular flexibility index (Phi) is 4.11. The number of likely N-dealkylation sites (tertiary alicyclic amines) is 1. The van der Waals surface area contributed by atoms with E-state index in [-0.39, 0.29) is 12.1 Å². The van der Waals surface area contributed by atoms with Crippen molar-refractivity contribution in [3.63, 3.8) is 0 Å². The normalized spacial score (nSPS) is 14.8. The Morgan fingerprint density at radius 3 is 2.63 bits per heavy atom. The number of nitrogens with one attached hydrogen (secondary N) is 1. The lowest BCUT2D eigenvalue weighted by Crippen LogP contribution is -2.56. The lowest BCUT2D eigenvalue weighted by atomic mass is 10.2. The summed E-state index contributed by atoms with van der Waals surface area (Å²) < 4.78 is 10.3. The number of nitrogens with zero attached hydrogens (tertiary/aromatic N) is 1. The molecule has 0 atom stereocenters. The quantitative estimate of drug-likeness (QED) is 0.836. The fourth-order valence-electron chi connectivity index (χ4n) is 1.90. The molecule has 6 heteroatoms. The van der Waals surface area contributed by atoms with Crippen molar-refractivity contribution in [2.75, 3.05) is 27.3 Å². The van der Waals surface area contributed by atoms with Crippen LogP contribution in [0.1, 0.15) is 5.56 Å². The molecule has 1 aliphatic heterocycles. The highest BCUT2D eigenvalue weighted by atomic mass is 16.5. The predicted molar refractivity (Wildman–Crippen MR) is 69.4 cm³/mol. The van der Waals surface area contributed by atoms with Gasteiger partial charge in [-0.1, -0.05) is 6.07 Å². The summed E-state index contributed by atoms with van der Waals surface area (Å²) >= 11 is 0. The van der Waals surface area contributed by atoms with Gasteiger partial charge < -0.3 is 24.8 Å². The minimum Gasteiger partial charge on any atom is -0.493 e. The van der Waals surface area contributed by atoms with Crippen LogP contribution in [-0.4, -0.2) is 49.5 Å². The van der Waals surface area contributed by atoms with E-state index >= 15 is 0 Å². The number of benzene rings is 1. The van der Waals surface area contributed by atoms with Crippen molar-refractivity contribution in [3.8, 4) is 11.5 Å². The molecular formula is C13H18N2O4. The Bertz CT molecular complexity index is 458. The Balaban J connectivity index is 1.90. The molecule has 19 heavy (non-hydrogen) atoms. The van der Waals surface area contributed by atoms with Gasteiger partial charge in [-0.05, 0) is 17.7 Å². The molecule has 1 aliphatic rings. The summed E-state index contributed by atoms with van der Waals surface area (Å²) in [6, 6.07) is 5.32. The number of ether oxygens (including phenoxy) is 2. The first-order valence-electron chi connectivity index (χ1n) is 6.05. The maximum Gasteiger partial charge on any atom is 0.317 e. The van der Waals surface area contributed by atoms with E-state index < -0.39 is 0 Å². The number of hydrogen-bond donors (Lipinski definition) is 2. The molecule has 1 aromatic rings. The second-order valence-corrected chi connectivity index (χ2v) is 4.41. The molecule has 1 heterocycles. The van der Waals surface area contributed by atoms with Gasteiger partial charge in [0.2, 0.25) is 0 Å². The third-order valence-corrected chi connectivity index (χ3v) is 3.04. The van der Waals surface area contributed by atoms with Crippen molar-refractivity contribution in [3.05, 3.63) is 23.8 Å². The number of aliphatic hydroxyl groups is 1. The van der Waals surface area contributed by atoms with Gasteiger partial charge in [-0.2, -0.15) is 0 Å². The molecule has 0 saturated carbocycles. The summed E-state index contributed by atoms with van der Waals surface area (Å²) in [6.45, 7) is 1.21. The number of amides is 2. The third kappa shape index (κ3) is 3.08. The monoisotopic (exact) mass is 266 g/mol. The molecule has 1 fully saturated rings. The first-order chi connectivity index (χ1) is 9.13. The van der Waals surface area contributed by atoms with Crippen molar-refractivity contribution in [1.82, 2.24) is 10.2 Å². The molecule has 1 aromatic carbocycles. The van der Waals surface area contributed by atoms with Crippen LogP contribution in [0.4, 0.5) is 4.79 Å². The summed E-state index contributed by atoms with van der Waals surface area (Å²) in [7, 11) is 3.15. The zero-order valence-electron chi connectivity index (χ0n) is 11.0. The third-order valence-electron chi connectivity index (χ3n) is 3.04. The van der Waals surface area contributed by atoms with E-state index in [0.29, 0.717) is 31.1 Å². The standard InChI is InChI=1S/C13H18N2O4/c1-18-11-4-3-9(5-12(11)19-2)6-14-13(17)15-7-10(16)8-15/h3-5,10,16H,6-8H2,1-2H3,(H,14,17). The largest absolute Gasteiger partial charge is 0.493 e. The van der Waals surface area contributed by atoms with E-state index in [1.54, 1.807) is 25.2 Å². The average molecular weight is 266 g/mol. The number of hydrogen-bond acceptors (Lipinski definition) is 4. The highest BCUT2D eigenvalue weighted by Crippen LogP contribution is 2.27. The van der Waals surface area contributed by atoms with Crippen LogP contribution in [0.5, 0.6) is 11.5 Å². The Labute approximate surface area is 111 Å². The molecule has 1 saturated heterocycles. The van der Waals surface area contributed by atoms with Crippen LogP contribution in [0.15, 0.2) is 18.2 Å². The van der Waals surface area contributed by atoms with E-state index in [9.17, 15) is 4.79 Å². The van der Waals surface area contributed by atoms with Gasteiger partial charge in [0.15, 0.2) is 11.5 Å². The van der Waals surface area contributed by atoms with Crippen molar-refractivity contribution in [1.29, 1.82) is 0 Å². The molecule has 2 N–H and O–H groups in total. The molecule has 2 amide bonds. The highest BCUT2D eigenvalue weighted by Gasteiger charge is 2.28. The second-order valence-electron chi connectivity index (χ2n) is 4.41. The Morgan fingerprint density at radius 1 is 1.37 bits per heavy atom. The number of rotatable bonds is 4. The fourth-order valence-corrected chi connectivity index (χ4v) is 1.90. The minimum atomic E-state index is -0.383. The fraction of sp³-hybridized carbons (Fsp3) is 0.462. The number of aliphatic hydroxyl groups excluding tert-OH is 1. The van der Waals surface area contributed by atoms with Crippen LogP contribution in [0, 0.1) is 0 Å². The summed E-state index contributed by atoms with van der Waals surface area (Å²) in [5.41, 5.74) is 0.923. The zero-order chi connectivity index (χ0) is 13.8. The van der Waals surface area contributed by atoms with Crippen LogP contribution in [0.25, 0.3) is 0 Å². The minimum absolute atomic E-state index is 0.167. The van der Waals surface area contributed by atoms with E-state index in [1.165, 1.54) is 0 Å². The zero-order valence-corrected chi connectivity index (χ0v) is 11.0. The van der Waals surface area contributed by atoms with Gasteiger partial charge >= 0.3 is 6.03 Å². The molecule has 0 aliphatic carbocycles. The van der Waals surface area contributed by atoms with Gasteiger partial charge in [0.25, 0.3) is 0 Å². The lowest BCUT2D eigenvalue weighted by Gasteiger charge is -2.35. The smallest absolute Gasteiger partial charge is 0.317 e. The van der Waals surface area contributed by atoms with Crippen LogP contribution in [-0.2, 0) is 6.54 Å². The SMILES string of the molecule is COc1ccc(CNC(=O)N2CC(O)C2)cc1OC. The summed E-state index contributed by atoms with van der Waals surface area (Å²) in [5, 5.41) is 11.9. The molecule has 2 rings (SSSR count). The van der Waals surface area contributed by atoms with Crippen molar-refractivity contribution in [2.24, 2.45) is 0 Å². The molecule has 0 unspecified atom stereocenters. The molecule has 0 aromatic heterocycles. The van der Waals surface area contributed by atoms with Crippen molar-refractivity contribution >= 4 is 6.03 Å². The molecule has 0 spiro atoms. The predicted octanol–water partition coefficient (Wildman–Crippen LogP) is 0.590. The summed E-state index contributed by atoms with van der Waals surface area (Å²) in [6.07, 6.45) is -0.383. The first-order valence-corrected chi connectivity index (χ1v) is 6.05. The van der Waals surface area contributed by atoms with Crippen LogP contribution in [0.2, 0.25) is 0 Å². The van der Waals surface area contributed by atoms with Crippen LogP contribution >= 0.6 is 0 Å². The van der Waals surface area contributed by atoms with E-state index in [0.717, 1.165) is 5.56 Å². The van der Waals surface area contributed by atoms with Gasteiger partial charge in [-0.3, -0.25) is 0 Å². The van der Waals surface area contributed by atoms with Crippen LogP contribution < -0.4 is 14.8 Å². The highest BCUT2D eigenvalue weighted by molar-refractivity contribution is 5.75. The van der Waals surface area contributed by atoms with Gasteiger partial charge in [0, 0.05) is 6.54 Å². The summed E-state index contributed by atoms with van der Waals surface area (Å²) in [5.74, 6) is 1.29. The maximum atomic E-state index is 11.7. The number of carbonyl (C=O) groups excluding carboxylic acids is 1. The first kappa shape index (κ1) is 13.5. The number of methoxy groups -OCH3 is 2. The molecule has 6 nitrogen and oxygen atoms in total. The van der Waals surface area contributed by atoms with Gasteiger partial charge in [0.1, 0.15) is 0 Å². The molecule has 0 bridgehead atoms. The van der Waals surface area contributed by atoms with Crippen molar-refractivity contribution < 1.29 is 19.4 Å². The van der Waals surface area contributed by atoms with E-state index in [4.69, 9.17) is 14.6 Å².